The first-order valence-corrected chi connectivity index (χ1v) is 7.99. The molecular weight excluding hydrogens is 340 g/mol. The highest BCUT2D eigenvalue weighted by molar-refractivity contribution is 6.01. The maximum absolute atomic E-state index is 13.6. The molecule has 6 heteroatoms. The van der Waals surface area contributed by atoms with Gasteiger partial charge in [0.1, 0.15) is 12.2 Å². The minimum atomic E-state index is -2.15. The lowest BCUT2D eigenvalue weighted by Gasteiger charge is -2.15. The van der Waals surface area contributed by atoms with Crippen molar-refractivity contribution in [3.63, 3.8) is 0 Å². The number of carbonyl (C=O) groups excluding carboxylic acids is 1. The van der Waals surface area contributed by atoms with E-state index in [4.69, 9.17) is 15.2 Å². The van der Waals surface area contributed by atoms with Gasteiger partial charge in [-0.3, -0.25) is 0 Å². The molecule has 2 rings (SSSR count). The van der Waals surface area contributed by atoms with Crippen LogP contribution in [0.3, 0.4) is 0 Å². The Bertz CT molecular complexity index is 798. The fraction of sp³-hybridized carbons (Fsp3) is 0.150. The number of rotatable bonds is 7. The van der Waals surface area contributed by atoms with Gasteiger partial charge in [0.25, 0.3) is 0 Å². The van der Waals surface area contributed by atoms with Crippen LogP contribution in [0.5, 0.6) is 0 Å². The van der Waals surface area contributed by atoms with Gasteiger partial charge in [-0.05, 0) is 18.1 Å². The van der Waals surface area contributed by atoms with Crippen molar-refractivity contribution in [3.05, 3.63) is 89.2 Å². The molecule has 0 amide bonds. The standard InChI is InChI=1S/C20H19F2NO3/c1-2-25-20(24)16(17(23)15-11-7-4-8-12-15)18(19(21)22)26-13-14-9-5-3-6-10-14/h3-12H,2,13,23H2,1H3/b17-16-. The Kier molecular flexibility index (Phi) is 6.91. The molecule has 0 aromatic heterocycles. The lowest BCUT2D eigenvalue weighted by Crippen LogP contribution is -2.17. The Labute approximate surface area is 150 Å². The number of esters is 1. The molecule has 0 saturated heterocycles. The Morgan fingerprint density at radius 2 is 1.54 bits per heavy atom. The molecule has 136 valence electrons. The lowest BCUT2D eigenvalue weighted by atomic mass is 10.1. The summed E-state index contributed by atoms with van der Waals surface area (Å²) in [7, 11) is 0. The highest BCUT2D eigenvalue weighted by atomic mass is 19.3. The Balaban J connectivity index is 2.44. The first kappa shape index (κ1) is 19.2. The normalized spacial score (nSPS) is 11.3. The van der Waals surface area contributed by atoms with Gasteiger partial charge >= 0.3 is 12.0 Å². The summed E-state index contributed by atoms with van der Waals surface area (Å²) in [5.41, 5.74) is 6.47. The third-order valence-corrected chi connectivity index (χ3v) is 3.46. The van der Waals surface area contributed by atoms with Crippen LogP contribution in [0, 0.1) is 0 Å². The van der Waals surface area contributed by atoms with E-state index in [1.165, 1.54) is 0 Å². The van der Waals surface area contributed by atoms with Crippen LogP contribution in [0.2, 0.25) is 0 Å². The van der Waals surface area contributed by atoms with Crippen molar-refractivity contribution in [1.29, 1.82) is 0 Å². The SMILES string of the molecule is CCOC(=O)/C(C(OCc1ccccc1)=C(F)F)=C(\N)c1ccccc1. The van der Waals surface area contributed by atoms with E-state index in [0.717, 1.165) is 0 Å². The molecule has 0 bridgehead atoms. The second-order valence-electron chi connectivity index (χ2n) is 5.24. The molecule has 0 unspecified atom stereocenters. The molecule has 0 heterocycles. The molecule has 2 aromatic rings. The summed E-state index contributed by atoms with van der Waals surface area (Å²) in [6.45, 7) is 1.46. The predicted molar refractivity (Wildman–Crippen MR) is 94.7 cm³/mol. The quantitative estimate of drug-likeness (QED) is 0.348. The van der Waals surface area contributed by atoms with Gasteiger partial charge in [0.15, 0.2) is 0 Å². The summed E-state index contributed by atoms with van der Waals surface area (Å²) >= 11 is 0. The largest absolute Gasteiger partial charge is 0.482 e. The monoisotopic (exact) mass is 359 g/mol. The van der Waals surface area contributed by atoms with E-state index < -0.39 is 23.4 Å². The average molecular weight is 359 g/mol. The van der Waals surface area contributed by atoms with Crippen LogP contribution in [-0.2, 0) is 20.9 Å². The zero-order valence-electron chi connectivity index (χ0n) is 14.2. The van der Waals surface area contributed by atoms with Crippen LogP contribution in [0.1, 0.15) is 18.1 Å². The molecular formula is C20H19F2NO3. The van der Waals surface area contributed by atoms with Gasteiger partial charge < -0.3 is 15.2 Å². The topological polar surface area (TPSA) is 61.5 Å². The molecule has 0 radical (unpaired) electrons. The van der Waals surface area contributed by atoms with Crippen LogP contribution in [0.4, 0.5) is 8.78 Å². The minimum absolute atomic E-state index is 0.0181. The molecule has 0 atom stereocenters. The van der Waals surface area contributed by atoms with Crippen molar-refractivity contribution in [2.24, 2.45) is 5.73 Å². The van der Waals surface area contributed by atoms with Crippen molar-refractivity contribution in [2.75, 3.05) is 6.61 Å². The van der Waals surface area contributed by atoms with E-state index in [0.29, 0.717) is 11.1 Å². The van der Waals surface area contributed by atoms with Crippen LogP contribution in [-0.4, -0.2) is 12.6 Å². The Morgan fingerprint density at radius 3 is 2.08 bits per heavy atom. The molecule has 0 aliphatic heterocycles. The number of halogens is 2. The molecule has 0 saturated carbocycles. The van der Waals surface area contributed by atoms with Gasteiger partial charge in [-0.25, -0.2) is 4.79 Å². The van der Waals surface area contributed by atoms with E-state index in [-0.39, 0.29) is 18.9 Å². The maximum Gasteiger partial charge on any atom is 0.344 e. The van der Waals surface area contributed by atoms with Gasteiger partial charge in [-0.2, -0.15) is 8.78 Å². The van der Waals surface area contributed by atoms with Gasteiger partial charge in [-0.15, -0.1) is 0 Å². The Morgan fingerprint density at radius 1 is 0.962 bits per heavy atom. The molecule has 0 spiro atoms. The number of carbonyl (C=O) groups is 1. The first-order valence-electron chi connectivity index (χ1n) is 7.99. The van der Waals surface area contributed by atoms with Crippen LogP contribution < -0.4 is 5.73 Å². The zero-order valence-corrected chi connectivity index (χ0v) is 14.2. The highest BCUT2D eigenvalue weighted by Gasteiger charge is 2.26. The van der Waals surface area contributed by atoms with E-state index in [1.54, 1.807) is 67.6 Å². The fourth-order valence-electron chi connectivity index (χ4n) is 2.24. The van der Waals surface area contributed by atoms with Gasteiger partial charge in [-0.1, -0.05) is 60.7 Å². The summed E-state index contributed by atoms with van der Waals surface area (Å²) < 4.78 is 37.3. The fourth-order valence-corrected chi connectivity index (χ4v) is 2.24. The summed E-state index contributed by atoms with van der Waals surface area (Å²) in [6, 6.07) is 17.1. The van der Waals surface area contributed by atoms with Crippen LogP contribution in [0.25, 0.3) is 5.70 Å². The van der Waals surface area contributed by atoms with E-state index >= 15 is 0 Å². The lowest BCUT2D eigenvalue weighted by molar-refractivity contribution is -0.138. The smallest absolute Gasteiger partial charge is 0.344 e. The Hall–Kier alpha value is -3.15. The summed E-state index contributed by atoms with van der Waals surface area (Å²) in [6.07, 6.45) is -2.15. The second-order valence-corrected chi connectivity index (χ2v) is 5.24. The van der Waals surface area contributed by atoms with E-state index in [9.17, 15) is 13.6 Å². The van der Waals surface area contributed by atoms with Crippen LogP contribution in [0.15, 0.2) is 78.1 Å². The predicted octanol–water partition coefficient (Wildman–Crippen LogP) is 4.24. The van der Waals surface area contributed by atoms with Gasteiger partial charge in [0.2, 0.25) is 5.76 Å². The maximum atomic E-state index is 13.6. The number of ether oxygens (including phenoxy) is 2. The molecule has 0 aliphatic rings. The summed E-state index contributed by atoms with van der Waals surface area (Å²) in [4.78, 5) is 12.3. The number of hydrogen-bond donors (Lipinski definition) is 1. The zero-order chi connectivity index (χ0) is 18.9. The van der Waals surface area contributed by atoms with Crippen molar-refractivity contribution < 1.29 is 23.0 Å². The van der Waals surface area contributed by atoms with Crippen molar-refractivity contribution in [2.45, 2.75) is 13.5 Å². The molecule has 0 fully saturated rings. The van der Waals surface area contributed by atoms with E-state index in [1.807, 2.05) is 0 Å². The summed E-state index contributed by atoms with van der Waals surface area (Å²) in [5.74, 6) is -1.85. The molecule has 2 aromatic carbocycles. The number of benzene rings is 2. The van der Waals surface area contributed by atoms with Crippen molar-refractivity contribution >= 4 is 11.7 Å². The van der Waals surface area contributed by atoms with Crippen LogP contribution >= 0.6 is 0 Å². The molecule has 4 nitrogen and oxygen atoms in total. The minimum Gasteiger partial charge on any atom is -0.482 e. The van der Waals surface area contributed by atoms with Gasteiger partial charge in [0.05, 0.1) is 12.3 Å². The number of hydrogen-bond acceptors (Lipinski definition) is 4. The van der Waals surface area contributed by atoms with Gasteiger partial charge in [0, 0.05) is 0 Å². The number of nitrogens with two attached hydrogens (primary N) is 1. The highest BCUT2D eigenvalue weighted by Crippen LogP contribution is 2.27. The molecule has 26 heavy (non-hydrogen) atoms. The van der Waals surface area contributed by atoms with E-state index in [2.05, 4.69) is 0 Å². The molecule has 0 aliphatic carbocycles. The third-order valence-electron chi connectivity index (χ3n) is 3.46. The average Bonchev–Trinajstić information content (AvgIpc) is 2.66. The van der Waals surface area contributed by atoms with Crippen molar-refractivity contribution in [3.8, 4) is 0 Å². The first-order chi connectivity index (χ1) is 12.5. The molecule has 2 N–H and O–H groups in total. The third kappa shape index (κ3) is 4.92. The second kappa shape index (κ2) is 9.36. The van der Waals surface area contributed by atoms with Crippen molar-refractivity contribution in [1.82, 2.24) is 0 Å². The summed E-state index contributed by atoms with van der Waals surface area (Å²) in [5, 5.41) is 0.